The average Bonchev–Trinajstić information content (AvgIpc) is 1.83. The van der Waals surface area contributed by atoms with Crippen LogP contribution in [0.1, 0.15) is 6.92 Å². The van der Waals surface area contributed by atoms with Crippen LogP contribution in [0.25, 0.3) is 0 Å². The first-order valence-electron chi connectivity index (χ1n) is 2.47. The van der Waals surface area contributed by atoms with Gasteiger partial charge in [-0.1, -0.05) is 12.0 Å². The lowest BCUT2D eigenvalue weighted by atomic mass is 10.2. The molecule has 0 N–H and O–H groups in total. The van der Waals surface area contributed by atoms with Crippen molar-refractivity contribution in [3.8, 4) is 12.3 Å². The number of thioether (sulfide) groups is 1. The summed E-state index contributed by atoms with van der Waals surface area (Å²) in [5, 5.41) is 2.00. The van der Waals surface area contributed by atoms with Gasteiger partial charge in [0.15, 0.2) is 0 Å². The van der Waals surface area contributed by atoms with Crippen LogP contribution in [0.3, 0.4) is 0 Å². The highest BCUT2D eigenvalue weighted by Gasteiger charge is 1.83. The highest BCUT2D eigenvalue weighted by atomic mass is 32.2. The Morgan fingerprint density at radius 2 is 2.38 bits per heavy atom. The van der Waals surface area contributed by atoms with Crippen molar-refractivity contribution in [3.63, 3.8) is 0 Å². The summed E-state index contributed by atoms with van der Waals surface area (Å²) in [6.07, 6.45) is 9.12. The summed E-state index contributed by atoms with van der Waals surface area (Å²) in [7, 11) is 0. The Labute approximate surface area is 55.4 Å². The third-order valence-electron chi connectivity index (χ3n) is 0.766. The highest BCUT2D eigenvalue weighted by Crippen LogP contribution is 1.99. The number of rotatable bonds is 2. The molecule has 1 atom stereocenters. The van der Waals surface area contributed by atoms with E-state index in [2.05, 4.69) is 5.92 Å². The van der Waals surface area contributed by atoms with E-state index >= 15 is 0 Å². The molecule has 0 radical (unpaired) electrons. The van der Waals surface area contributed by atoms with Crippen molar-refractivity contribution in [2.24, 2.45) is 5.92 Å². The minimum Gasteiger partial charge on any atom is -0.138 e. The maximum Gasteiger partial charge on any atom is 0.0359 e. The van der Waals surface area contributed by atoms with Gasteiger partial charge in [-0.05, 0) is 18.6 Å². The number of hydrogen-bond donors (Lipinski definition) is 0. The molecule has 0 heterocycles. The largest absolute Gasteiger partial charge is 0.138 e. The van der Waals surface area contributed by atoms with Crippen LogP contribution in [0, 0.1) is 18.3 Å². The number of terminal acetylenes is 1. The summed E-state index contributed by atoms with van der Waals surface area (Å²) in [6.45, 7) is 1.99. The van der Waals surface area contributed by atoms with Gasteiger partial charge in [-0.3, -0.25) is 0 Å². The predicted octanol–water partition coefficient (Wildman–Crippen LogP) is 2.13. The Balaban J connectivity index is 3.40. The van der Waals surface area contributed by atoms with E-state index in [1.165, 1.54) is 0 Å². The van der Waals surface area contributed by atoms with Gasteiger partial charge in [-0.15, -0.1) is 18.2 Å². The van der Waals surface area contributed by atoms with E-state index in [4.69, 9.17) is 6.42 Å². The quantitative estimate of drug-likeness (QED) is 0.511. The maximum absolute atomic E-state index is 5.10. The van der Waals surface area contributed by atoms with Crippen LogP contribution in [0.5, 0.6) is 0 Å². The van der Waals surface area contributed by atoms with Gasteiger partial charge in [-0.2, -0.15) is 0 Å². The van der Waals surface area contributed by atoms with E-state index in [9.17, 15) is 0 Å². The molecule has 0 aliphatic carbocycles. The van der Waals surface area contributed by atoms with Gasteiger partial charge in [0, 0.05) is 5.92 Å². The van der Waals surface area contributed by atoms with Crippen molar-refractivity contribution < 1.29 is 0 Å². The lowest BCUT2D eigenvalue weighted by Crippen LogP contribution is -1.78. The molecule has 1 unspecified atom stereocenters. The highest BCUT2D eigenvalue weighted by molar-refractivity contribution is 8.01. The van der Waals surface area contributed by atoms with Gasteiger partial charge >= 0.3 is 0 Å². The van der Waals surface area contributed by atoms with E-state index < -0.39 is 0 Å². The van der Waals surface area contributed by atoms with Crippen LogP contribution in [0.2, 0.25) is 0 Å². The zero-order valence-electron chi connectivity index (χ0n) is 5.22. The Morgan fingerprint density at radius 1 is 1.75 bits per heavy atom. The fourth-order valence-electron chi connectivity index (χ4n) is 0.252. The second-order valence-electron chi connectivity index (χ2n) is 1.52. The van der Waals surface area contributed by atoms with Gasteiger partial charge in [0.25, 0.3) is 0 Å². The van der Waals surface area contributed by atoms with Gasteiger partial charge < -0.3 is 0 Å². The van der Waals surface area contributed by atoms with Crippen LogP contribution in [0.15, 0.2) is 11.5 Å². The number of allylic oxidation sites excluding steroid dienone is 1. The molecular formula is C7H10S. The third-order valence-corrected chi connectivity index (χ3v) is 1.20. The molecule has 0 saturated heterocycles. The molecule has 8 heavy (non-hydrogen) atoms. The summed E-state index contributed by atoms with van der Waals surface area (Å²) < 4.78 is 0. The summed E-state index contributed by atoms with van der Waals surface area (Å²) in [5.74, 6) is 2.88. The number of hydrogen-bond acceptors (Lipinski definition) is 1. The predicted molar refractivity (Wildman–Crippen MR) is 40.7 cm³/mol. The first kappa shape index (κ1) is 7.65. The molecule has 0 spiro atoms. The van der Waals surface area contributed by atoms with Crippen LogP contribution in [0.4, 0.5) is 0 Å². The third kappa shape index (κ3) is 3.83. The Hall–Kier alpha value is -0.350. The van der Waals surface area contributed by atoms with Crippen molar-refractivity contribution in [1.29, 1.82) is 0 Å². The van der Waals surface area contributed by atoms with Gasteiger partial charge in [-0.25, -0.2) is 0 Å². The van der Waals surface area contributed by atoms with Crippen molar-refractivity contribution in [1.82, 2.24) is 0 Å². The fourth-order valence-corrected chi connectivity index (χ4v) is 0.645. The van der Waals surface area contributed by atoms with E-state index in [1.807, 2.05) is 24.7 Å². The molecule has 0 rings (SSSR count). The van der Waals surface area contributed by atoms with Crippen molar-refractivity contribution in [2.75, 3.05) is 6.26 Å². The SMILES string of the molecule is C#CC(C)/C=C\SC. The van der Waals surface area contributed by atoms with E-state index in [0.717, 1.165) is 0 Å². The van der Waals surface area contributed by atoms with Crippen LogP contribution < -0.4 is 0 Å². The van der Waals surface area contributed by atoms with E-state index in [0.29, 0.717) is 0 Å². The smallest absolute Gasteiger partial charge is 0.0359 e. The molecule has 0 aliphatic heterocycles. The van der Waals surface area contributed by atoms with E-state index in [1.54, 1.807) is 11.8 Å². The summed E-state index contributed by atoms with van der Waals surface area (Å²) >= 11 is 1.67. The lowest BCUT2D eigenvalue weighted by Gasteiger charge is -1.88. The molecule has 0 aliphatic rings. The molecule has 0 aromatic carbocycles. The second kappa shape index (κ2) is 4.80. The van der Waals surface area contributed by atoms with Crippen LogP contribution >= 0.6 is 11.8 Å². The minimum atomic E-state index is 0.280. The molecular weight excluding hydrogens is 116 g/mol. The lowest BCUT2D eigenvalue weighted by molar-refractivity contribution is 0.985. The molecule has 44 valence electrons. The fraction of sp³-hybridized carbons (Fsp3) is 0.429. The summed E-state index contributed by atoms with van der Waals surface area (Å²) in [4.78, 5) is 0. The molecule has 1 heteroatoms. The van der Waals surface area contributed by atoms with Gasteiger partial charge in [0.2, 0.25) is 0 Å². The topological polar surface area (TPSA) is 0 Å². The van der Waals surface area contributed by atoms with Crippen molar-refractivity contribution >= 4 is 11.8 Å². The molecule has 0 nitrogen and oxygen atoms in total. The monoisotopic (exact) mass is 126 g/mol. The molecule has 0 bridgehead atoms. The van der Waals surface area contributed by atoms with Crippen LogP contribution in [-0.2, 0) is 0 Å². The van der Waals surface area contributed by atoms with Crippen molar-refractivity contribution in [2.45, 2.75) is 6.92 Å². The normalized spacial score (nSPS) is 13.6. The molecule has 0 fully saturated rings. The van der Waals surface area contributed by atoms with E-state index in [-0.39, 0.29) is 5.92 Å². The molecule has 0 aromatic rings. The Morgan fingerprint density at radius 3 is 2.75 bits per heavy atom. The standard InChI is InChI=1S/C7H10S/c1-4-7(2)5-6-8-3/h1,5-7H,2-3H3/b6-5-. The molecule has 0 saturated carbocycles. The van der Waals surface area contributed by atoms with Gasteiger partial charge in [0.1, 0.15) is 0 Å². The first-order chi connectivity index (χ1) is 3.81. The summed E-state index contributed by atoms with van der Waals surface area (Å²) in [6, 6.07) is 0. The average molecular weight is 126 g/mol. The van der Waals surface area contributed by atoms with Crippen LogP contribution in [-0.4, -0.2) is 6.26 Å². The molecule has 0 amide bonds. The minimum absolute atomic E-state index is 0.280. The zero-order chi connectivity index (χ0) is 6.41. The van der Waals surface area contributed by atoms with Crippen molar-refractivity contribution in [3.05, 3.63) is 11.5 Å². The Kier molecular flexibility index (Phi) is 4.59. The maximum atomic E-state index is 5.10. The zero-order valence-corrected chi connectivity index (χ0v) is 6.03. The Bertz CT molecular complexity index is 108. The summed E-state index contributed by atoms with van der Waals surface area (Å²) in [5.41, 5.74) is 0. The van der Waals surface area contributed by atoms with Gasteiger partial charge in [0.05, 0.1) is 0 Å². The first-order valence-corrected chi connectivity index (χ1v) is 3.75. The second-order valence-corrected chi connectivity index (χ2v) is 2.26. The molecule has 0 aromatic heterocycles.